The van der Waals surface area contributed by atoms with Gasteiger partial charge in [-0.1, -0.05) is 0 Å². The van der Waals surface area contributed by atoms with E-state index in [0.29, 0.717) is 5.69 Å². The predicted octanol–water partition coefficient (Wildman–Crippen LogP) is 0.923. The second-order valence-electron chi connectivity index (χ2n) is 3.71. The number of nitrogens with two attached hydrogens (primary N) is 1. The molecule has 0 radical (unpaired) electrons. The highest BCUT2D eigenvalue weighted by atomic mass is 16.6. The van der Waals surface area contributed by atoms with Gasteiger partial charge >= 0.3 is 0 Å². The number of nitrogen functional groups attached to an aromatic ring is 1. The highest BCUT2D eigenvalue weighted by Crippen LogP contribution is 2.22. The molecule has 0 bridgehead atoms. The zero-order valence-corrected chi connectivity index (χ0v) is 10.1. The summed E-state index contributed by atoms with van der Waals surface area (Å²) in [4.78, 5) is 29.7. The first-order chi connectivity index (χ1) is 9.61. The predicted molar refractivity (Wildman–Crippen MR) is 70.9 cm³/mol. The van der Waals surface area contributed by atoms with Crippen LogP contribution in [0.4, 0.5) is 17.1 Å². The van der Waals surface area contributed by atoms with Crippen LogP contribution in [0, 0.1) is 10.1 Å². The van der Waals surface area contributed by atoms with Gasteiger partial charge in [-0.2, -0.15) is 0 Å². The zero-order valence-electron chi connectivity index (χ0n) is 10.1. The molecule has 0 spiro atoms. The molecule has 2 rings (SSSR count). The summed E-state index contributed by atoms with van der Waals surface area (Å²) in [6.07, 6.45) is 4.12. The lowest BCUT2D eigenvalue weighted by Crippen LogP contribution is -2.17. The lowest BCUT2D eigenvalue weighted by atomic mass is 10.1. The molecule has 2 aromatic rings. The van der Waals surface area contributed by atoms with Crippen LogP contribution in [0.25, 0.3) is 0 Å². The molecule has 1 amide bonds. The Balaban J connectivity index is 2.32. The maximum absolute atomic E-state index is 12.1. The largest absolute Gasteiger partial charge is 0.323 e. The highest BCUT2D eigenvalue weighted by Gasteiger charge is 2.16. The fraction of sp³-hybridized carbons (Fsp3) is 0. The molecule has 0 atom stereocenters. The minimum absolute atomic E-state index is 0.0468. The Morgan fingerprint density at radius 1 is 1.30 bits per heavy atom. The molecule has 1 aromatic carbocycles. The third kappa shape index (κ3) is 2.84. The molecular formula is C11H10N6O3. The van der Waals surface area contributed by atoms with Crippen LogP contribution in [0.3, 0.4) is 0 Å². The number of nitro benzene ring substituents is 1. The quantitative estimate of drug-likeness (QED) is 0.428. The SMILES string of the molecule is NNc1ccc([N+](=O)[O-])cc1C(=O)Nc1cncnc1. The fourth-order valence-electron chi connectivity index (χ4n) is 1.52. The Hall–Kier alpha value is -3.07. The fourth-order valence-corrected chi connectivity index (χ4v) is 1.52. The standard InChI is InChI=1S/C11H10N6O3/c12-16-10-2-1-8(17(19)20)3-9(10)11(18)15-7-4-13-6-14-5-7/h1-6,16H,12H2,(H,15,18). The first kappa shape index (κ1) is 13.4. The average molecular weight is 274 g/mol. The van der Waals surface area contributed by atoms with Crippen molar-refractivity contribution in [1.82, 2.24) is 9.97 Å². The van der Waals surface area contributed by atoms with Crippen LogP contribution in [-0.4, -0.2) is 20.8 Å². The van der Waals surface area contributed by atoms with Crippen LogP contribution >= 0.6 is 0 Å². The molecule has 102 valence electrons. The van der Waals surface area contributed by atoms with Gasteiger partial charge in [-0.25, -0.2) is 9.97 Å². The van der Waals surface area contributed by atoms with Gasteiger partial charge in [0.05, 0.1) is 34.3 Å². The first-order valence-electron chi connectivity index (χ1n) is 5.43. The molecule has 9 heteroatoms. The van der Waals surface area contributed by atoms with E-state index < -0.39 is 10.8 Å². The van der Waals surface area contributed by atoms with Crippen molar-refractivity contribution in [3.63, 3.8) is 0 Å². The van der Waals surface area contributed by atoms with E-state index in [1.165, 1.54) is 30.9 Å². The van der Waals surface area contributed by atoms with E-state index in [1.807, 2.05) is 0 Å². The lowest BCUT2D eigenvalue weighted by Gasteiger charge is -2.09. The van der Waals surface area contributed by atoms with E-state index in [0.717, 1.165) is 6.07 Å². The van der Waals surface area contributed by atoms with Gasteiger partial charge in [0, 0.05) is 12.1 Å². The van der Waals surface area contributed by atoms with Crippen molar-refractivity contribution in [1.29, 1.82) is 0 Å². The van der Waals surface area contributed by atoms with Crippen LogP contribution in [-0.2, 0) is 0 Å². The molecule has 0 aliphatic rings. The smallest absolute Gasteiger partial charge is 0.270 e. The molecule has 0 saturated carbocycles. The Labute approximate surface area is 113 Å². The Kier molecular flexibility index (Phi) is 3.82. The summed E-state index contributed by atoms with van der Waals surface area (Å²) < 4.78 is 0. The first-order valence-corrected chi connectivity index (χ1v) is 5.43. The second kappa shape index (κ2) is 5.71. The molecule has 4 N–H and O–H groups in total. The van der Waals surface area contributed by atoms with E-state index in [9.17, 15) is 14.9 Å². The number of benzene rings is 1. The number of hydrogen-bond acceptors (Lipinski definition) is 7. The van der Waals surface area contributed by atoms with E-state index in [4.69, 9.17) is 5.84 Å². The van der Waals surface area contributed by atoms with Crippen molar-refractivity contribution >= 4 is 23.0 Å². The second-order valence-corrected chi connectivity index (χ2v) is 3.71. The van der Waals surface area contributed by atoms with Gasteiger partial charge in [-0.05, 0) is 6.07 Å². The van der Waals surface area contributed by atoms with Crippen LogP contribution in [0.2, 0.25) is 0 Å². The maximum atomic E-state index is 12.1. The number of amides is 1. The number of nitrogens with one attached hydrogen (secondary N) is 2. The topological polar surface area (TPSA) is 136 Å². The number of nitrogens with zero attached hydrogens (tertiary/aromatic N) is 3. The normalized spacial score (nSPS) is 9.85. The van der Waals surface area contributed by atoms with Crippen molar-refractivity contribution in [2.75, 3.05) is 10.7 Å². The Bertz CT molecular complexity index is 646. The summed E-state index contributed by atoms with van der Waals surface area (Å²) in [6, 6.07) is 3.74. The lowest BCUT2D eigenvalue weighted by molar-refractivity contribution is -0.384. The summed E-state index contributed by atoms with van der Waals surface area (Å²) in [7, 11) is 0. The summed E-state index contributed by atoms with van der Waals surface area (Å²) in [6.45, 7) is 0. The number of carbonyl (C=O) groups is 1. The van der Waals surface area contributed by atoms with Crippen LogP contribution in [0.15, 0.2) is 36.9 Å². The van der Waals surface area contributed by atoms with E-state index in [2.05, 4.69) is 20.7 Å². The van der Waals surface area contributed by atoms with Gasteiger partial charge in [0.1, 0.15) is 6.33 Å². The summed E-state index contributed by atoms with van der Waals surface area (Å²) in [5.74, 6) is 4.72. The third-order valence-electron chi connectivity index (χ3n) is 2.43. The molecular weight excluding hydrogens is 264 g/mol. The average Bonchev–Trinajstić information content (AvgIpc) is 2.47. The summed E-state index contributed by atoms with van der Waals surface area (Å²) in [5.41, 5.74) is 2.79. The molecule has 1 aromatic heterocycles. The van der Waals surface area contributed by atoms with Gasteiger partial charge in [-0.3, -0.25) is 20.8 Å². The van der Waals surface area contributed by atoms with Crippen molar-refractivity contribution in [2.24, 2.45) is 5.84 Å². The molecule has 0 fully saturated rings. The van der Waals surface area contributed by atoms with Gasteiger partial charge in [0.25, 0.3) is 11.6 Å². The number of non-ortho nitro benzene ring substituents is 1. The minimum atomic E-state index is -0.595. The van der Waals surface area contributed by atoms with Crippen molar-refractivity contribution in [3.05, 3.63) is 52.6 Å². The zero-order chi connectivity index (χ0) is 14.5. The molecule has 0 saturated heterocycles. The third-order valence-corrected chi connectivity index (χ3v) is 2.43. The van der Waals surface area contributed by atoms with Gasteiger partial charge < -0.3 is 10.7 Å². The molecule has 20 heavy (non-hydrogen) atoms. The Morgan fingerprint density at radius 3 is 2.60 bits per heavy atom. The molecule has 0 aliphatic carbocycles. The summed E-state index contributed by atoms with van der Waals surface area (Å²) in [5, 5.41) is 13.3. The number of rotatable bonds is 4. The van der Waals surface area contributed by atoms with E-state index in [-0.39, 0.29) is 16.9 Å². The van der Waals surface area contributed by atoms with Crippen molar-refractivity contribution in [2.45, 2.75) is 0 Å². The number of aromatic nitrogens is 2. The number of anilines is 2. The van der Waals surface area contributed by atoms with Crippen molar-refractivity contribution in [3.8, 4) is 0 Å². The number of nitro groups is 1. The van der Waals surface area contributed by atoms with Crippen molar-refractivity contribution < 1.29 is 9.72 Å². The van der Waals surface area contributed by atoms with E-state index in [1.54, 1.807) is 0 Å². The van der Waals surface area contributed by atoms with Crippen LogP contribution in [0.5, 0.6) is 0 Å². The van der Waals surface area contributed by atoms with Crippen LogP contribution in [0.1, 0.15) is 10.4 Å². The highest BCUT2D eigenvalue weighted by molar-refractivity contribution is 6.08. The van der Waals surface area contributed by atoms with Gasteiger partial charge in [-0.15, -0.1) is 0 Å². The monoisotopic (exact) mass is 274 g/mol. The maximum Gasteiger partial charge on any atom is 0.270 e. The number of carbonyl (C=O) groups excluding carboxylic acids is 1. The molecule has 0 aliphatic heterocycles. The Morgan fingerprint density at radius 2 is 2.00 bits per heavy atom. The summed E-state index contributed by atoms with van der Waals surface area (Å²) >= 11 is 0. The van der Waals surface area contributed by atoms with E-state index >= 15 is 0 Å². The molecule has 0 unspecified atom stereocenters. The number of hydrogen-bond donors (Lipinski definition) is 3. The molecule has 1 heterocycles. The molecule has 9 nitrogen and oxygen atoms in total. The minimum Gasteiger partial charge on any atom is -0.323 e. The van der Waals surface area contributed by atoms with Gasteiger partial charge in [0.15, 0.2) is 0 Å². The number of hydrazine groups is 1. The van der Waals surface area contributed by atoms with Crippen LogP contribution < -0.4 is 16.6 Å². The van der Waals surface area contributed by atoms with Gasteiger partial charge in [0.2, 0.25) is 0 Å².